The summed E-state index contributed by atoms with van der Waals surface area (Å²) in [6.45, 7) is 4.22. The average Bonchev–Trinajstić information content (AvgIpc) is 2.56. The summed E-state index contributed by atoms with van der Waals surface area (Å²) in [5, 5.41) is 3.78. The second-order valence-corrected chi connectivity index (χ2v) is 3.48. The summed E-state index contributed by atoms with van der Waals surface area (Å²) in [5.74, 6) is 0. The highest BCUT2D eigenvalue weighted by Crippen LogP contribution is 2.27. The van der Waals surface area contributed by atoms with Crippen molar-refractivity contribution in [1.29, 1.82) is 0 Å². The van der Waals surface area contributed by atoms with E-state index in [4.69, 9.17) is 4.84 Å². The molecule has 0 saturated carbocycles. The topological polar surface area (TPSA) is 21.6 Å². The molecule has 2 nitrogen and oxygen atoms in total. The highest BCUT2D eigenvalue weighted by molar-refractivity contribution is 5.59. The molecule has 0 aromatic heterocycles. The van der Waals surface area contributed by atoms with E-state index in [9.17, 15) is 0 Å². The maximum atomic E-state index is 5.23. The van der Waals surface area contributed by atoms with Crippen molar-refractivity contribution in [3.63, 3.8) is 0 Å². The molecule has 1 heterocycles. The van der Waals surface area contributed by atoms with E-state index in [-0.39, 0.29) is 6.10 Å². The Hall–Kier alpha value is -1.31. The lowest BCUT2D eigenvalue weighted by molar-refractivity contribution is 0.0853. The van der Waals surface area contributed by atoms with Crippen molar-refractivity contribution in [1.82, 2.24) is 0 Å². The summed E-state index contributed by atoms with van der Waals surface area (Å²) in [6, 6.07) is 6.42. The van der Waals surface area contributed by atoms with Crippen molar-refractivity contribution in [3.8, 4) is 0 Å². The monoisotopic (exact) mass is 175 g/mol. The van der Waals surface area contributed by atoms with Gasteiger partial charge in [0.15, 0.2) is 6.10 Å². The Balaban J connectivity index is 2.30. The van der Waals surface area contributed by atoms with Crippen LogP contribution in [0, 0.1) is 13.8 Å². The minimum Gasteiger partial charge on any atom is -0.388 e. The zero-order valence-electron chi connectivity index (χ0n) is 7.95. The van der Waals surface area contributed by atoms with Crippen LogP contribution in [0.4, 0.5) is 0 Å². The van der Waals surface area contributed by atoms with Gasteiger partial charge in [0.1, 0.15) is 0 Å². The molecule has 0 bridgehead atoms. The standard InChI is InChI=1S/C11H13NO/c1-8-3-4-10(9(2)7-8)11-5-6-12-13-11/h3-4,6-7,11H,5H2,1-2H3. The summed E-state index contributed by atoms with van der Waals surface area (Å²) >= 11 is 0. The van der Waals surface area contributed by atoms with Crippen LogP contribution in [0.3, 0.4) is 0 Å². The molecule has 0 fully saturated rings. The van der Waals surface area contributed by atoms with E-state index in [0.717, 1.165) is 6.42 Å². The lowest BCUT2D eigenvalue weighted by atomic mass is 10.00. The van der Waals surface area contributed by atoms with Crippen molar-refractivity contribution in [2.45, 2.75) is 26.4 Å². The highest BCUT2D eigenvalue weighted by Gasteiger charge is 2.17. The SMILES string of the molecule is Cc1ccc(C2CC=NO2)c(C)c1. The molecule has 13 heavy (non-hydrogen) atoms. The van der Waals surface area contributed by atoms with Gasteiger partial charge in [0, 0.05) is 12.6 Å². The molecule has 2 rings (SSSR count). The fraction of sp³-hybridized carbons (Fsp3) is 0.364. The van der Waals surface area contributed by atoms with Crippen LogP contribution in [0.25, 0.3) is 0 Å². The number of benzene rings is 1. The van der Waals surface area contributed by atoms with Gasteiger partial charge < -0.3 is 4.84 Å². The van der Waals surface area contributed by atoms with Gasteiger partial charge in [-0.25, -0.2) is 0 Å². The molecule has 68 valence electrons. The average molecular weight is 175 g/mol. The first-order valence-corrected chi connectivity index (χ1v) is 4.52. The molecular weight excluding hydrogens is 162 g/mol. The zero-order chi connectivity index (χ0) is 9.26. The van der Waals surface area contributed by atoms with E-state index in [2.05, 4.69) is 37.2 Å². The van der Waals surface area contributed by atoms with E-state index in [1.807, 2.05) is 6.21 Å². The molecule has 1 aromatic carbocycles. The van der Waals surface area contributed by atoms with Crippen LogP contribution in [-0.4, -0.2) is 6.21 Å². The molecule has 0 saturated heterocycles. The summed E-state index contributed by atoms with van der Waals surface area (Å²) in [4.78, 5) is 5.23. The first-order chi connectivity index (χ1) is 6.27. The summed E-state index contributed by atoms with van der Waals surface area (Å²) < 4.78 is 0. The number of aryl methyl sites for hydroxylation is 2. The predicted octanol–water partition coefficient (Wildman–Crippen LogP) is 2.75. The molecule has 1 aliphatic heterocycles. The maximum Gasteiger partial charge on any atom is 0.157 e. The fourth-order valence-electron chi connectivity index (χ4n) is 1.67. The van der Waals surface area contributed by atoms with Gasteiger partial charge in [-0.3, -0.25) is 0 Å². The first kappa shape index (κ1) is 8.30. The fourth-order valence-corrected chi connectivity index (χ4v) is 1.67. The molecule has 0 spiro atoms. The van der Waals surface area contributed by atoms with Gasteiger partial charge in [-0.15, -0.1) is 0 Å². The van der Waals surface area contributed by atoms with E-state index in [1.54, 1.807) is 0 Å². The molecule has 2 heteroatoms. The number of hydrogen-bond acceptors (Lipinski definition) is 2. The van der Waals surface area contributed by atoms with Crippen LogP contribution in [0.5, 0.6) is 0 Å². The Morgan fingerprint density at radius 2 is 2.23 bits per heavy atom. The molecule has 1 aliphatic rings. The molecule has 1 atom stereocenters. The van der Waals surface area contributed by atoms with Crippen LogP contribution in [-0.2, 0) is 4.84 Å². The summed E-state index contributed by atoms with van der Waals surface area (Å²) in [6.07, 6.45) is 2.86. The predicted molar refractivity (Wildman–Crippen MR) is 52.9 cm³/mol. The van der Waals surface area contributed by atoms with Crippen LogP contribution in [0.1, 0.15) is 29.2 Å². The van der Waals surface area contributed by atoms with Crippen molar-refractivity contribution in [3.05, 3.63) is 34.9 Å². The molecular formula is C11H13NO. The number of oxime groups is 1. The van der Waals surface area contributed by atoms with Crippen LogP contribution in [0.2, 0.25) is 0 Å². The molecule has 0 radical (unpaired) electrons. The van der Waals surface area contributed by atoms with Crippen molar-refractivity contribution >= 4 is 6.21 Å². The normalized spacial score (nSPS) is 20.3. The number of hydrogen-bond donors (Lipinski definition) is 0. The Morgan fingerprint density at radius 1 is 1.38 bits per heavy atom. The third-order valence-corrected chi connectivity index (χ3v) is 2.35. The minimum atomic E-state index is 0.139. The second kappa shape index (κ2) is 3.21. The Morgan fingerprint density at radius 3 is 2.85 bits per heavy atom. The van der Waals surface area contributed by atoms with E-state index in [1.165, 1.54) is 16.7 Å². The largest absolute Gasteiger partial charge is 0.388 e. The maximum absolute atomic E-state index is 5.23. The molecule has 1 unspecified atom stereocenters. The smallest absolute Gasteiger partial charge is 0.157 e. The van der Waals surface area contributed by atoms with Gasteiger partial charge in [-0.1, -0.05) is 28.9 Å². The van der Waals surface area contributed by atoms with Gasteiger partial charge in [0.2, 0.25) is 0 Å². The minimum absolute atomic E-state index is 0.139. The van der Waals surface area contributed by atoms with Gasteiger partial charge in [0.25, 0.3) is 0 Å². The third kappa shape index (κ3) is 1.57. The number of nitrogens with zero attached hydrogens (tertiary/aromatic N) is 1. The lowest BCUT2D eigenvalue weighted by Crippen LogP contribution is -1.98. The molecule has 0 amide bonds. The molecule has 0 N–H and O–H groups in total. The zero-order valence-corrected chi connectivity index (χ0v) is 7.95. The highest BCUT2D eigenvalue weighted by atomic mass is 16.6. The van der Waals surface area contributed by atoms with Gasteiger partial charge in [0.05, 0.1) is 0 Å². The third-order valence-electron chi connectivity index (χ3n) is 2.35. The molecule has 1 aromatic rings. The van der Waals surface area contributed by atoms with Crippen molar-refractivity contribution in [2.24, 2.45) is 5.16 Å². The Labute approximate surface area is 78.2 Å². The summed E-state index contributed by atoms with van der Waals surface area (Å²) in [5.41, 5.74) is 3.83. The van der Waals surface area contributed by atoms with Crippen molar-refractivity contribution < 1.29 is 4.84 Å². The first-order valence-electron chi connectivity index (χ1n) is 4.52. The lowest BCUT2D eigenvalue weighted by Gasteiger charge is -2.11. The van der Waals surface area contributed by atoms with Crippen LogP contribution < -0.4 is 0 Å². The second-order valence-electron chi connectivity index (χ2n) is 3.48. The Kier molecular flexibility index (Phi) is 2.05. The van der Waals surface area contributed by atoms with E-state index >= 15 is 0 Å². The van der Waals surface area contributed by atoms with Gasteiger partial charge in [-0.2, -0.15) is 0 Å². The summed E-state index contributed by atoms with van der Waals surface area (Å²) in [7, 11) is 0. The van der Waals surface area contributed by atoms with Crippen LogP contribution in [0.15, 0.2) is 23.4 Å². The van der Waals surface area contributed by atoms with Crippen LogP contribution >= 0.6 is 0 Å². The Bertz CT molecular complexity index is 336. The van der Waals surface area contributed by atoms with Gasteiger partial charge >= 0.3 is 0 Å². The van der Waals surface area contributed by atoms with E-state index in [0.29, 0.717) is 0 Å². The quantitative estimate of drug-likeness (QED) is 0.643. The number of rotatable bonds is 1. The molecule has 0 aliphatic carbocycles. The van der Waals surface area contributed by atoms with Gasteiger partial charge in [-0.05, 0) is 25.0 Å². The van der Waals surface area contributed by atoms with Crippen molar-refractivity contribution in [2.75, 3.05) is 0 Å². The van der Waals surface area contributed by atoms with E-state index < -0.39 is 0 Å².